The number of sulfonamides is 1. The maximum absolute atomic E-state index is 12.9. The van der Waals surface area contributed by atoms with E-state index >= 15 is 0 Å². The van der Waals surface area contributed by atoms with Crippen LogP contribution in [0.2, 0.25) is 10.0 Å². The van der Waals surface area contributed by atoms with E-state index in [4.69, 9.17) is 28.9 Å². The van der Waals surface area contributed by atoms with Gasteiger partial charge in [0, 0.05) is 24.7 Å². The topological polar surface area (TPSA) is 63.4 Å². The van der Waals surface area contributed by atoms with Crippen molar-refractivity contribution < 1.29 is 8.42 Å². The quantitative estimate of drug-likeness (QED) is 0.887. The molecule has 1 unspecified atom stereocenters. The minimum atomic E-state index is -3.72. The Balaban J connectivity index is 2.53. The van der Waals surface area contributed by atoms with Crippen LogP contribution in [-0.4, -0.2) is 32.4 Å². The lowest BCUT2D eigenvalue weighted by Gasteiger charge is -2.28. The predicted molar refractivity (Wildman–Crippen MR) is 86.5 cm³/mol. The number of benzene rings is 1. The number of nitrogens with zero attached hydrogens (tertiary/aromatic N) is 1. The number of aryl methyl sites for hydroxylation is 1. The molecule has 2 rings (SSSR count). The van der Waals surface area contributed by atoms with Crippen LogP contribution in [0.1, 0.15) is 24.0 Å². The first kappa shape index (κ1) is 17.0. The van der Waals surface area contributed by atoms with E-state index in [0.717, 1.165) is 12.8 Å². The van der Waals surface area contributed by atoms with Gasteiger partial charge in [0.25, 0.3) is 0 Å². The van der Waals surface area contributed by atoms with Gasteiger partial charge in [-0.15, -0.1) is 0 Å². The van der Waals surface area contributed by atoms with Gasteiger partial charge in [-0.05, 0) is 49.8 Å². The Kier molecular flexibility index (Phi) is 4.90. The highest BCUT2D eigenvalue weighted by Crippen LogP contribution is 2.39. The Bertz CT molecular complexity index is 631. The van der Waals surface area contributed by atoms with Gasteiger partial charge in [-0.25, -0.2) is 8.42 Å². The van der Waals surface area contributed by atoms with E-state index in [1.54, 1.807) is 27.0 Å². The Morgan fingerprint density at radius 1 is 1.38 bits per heavy atom. The summed E-state index contributed by atoms with van der Waals surface area (Å²) >= 11 is 12.4. The maximum atomic E-state index is 12.9. The van der Waals surface area contributed by atoms with Crippen LogP contribution in [0.25, 0.3) is 0 Å². The normalized spacial score (nSPS) is 17.3. The van der Waals surface area contributed by atoms with Crippen LogP contribution in [0.15, 0.2) is 11.0 Å². The van der Waals surface area contributed by atoms with Gasteiger partial charge in [-0.2, -0.15) is 4.31 Å². The van der Waals surface area contributed by atoms with Crippen molar-refractivity contribution in [3.05, 3.63) is 27.2 Å². The van der Waals surface area contributed by atoms with Gasteiger partial charge in [0.1, 0.15) is 4.90 Å². The maximum Gasteiger partial charge on any atom is 0.244 e. The van der Waals surface area contributed by atoms with E-state index in [0.29, 0.717) is 28.6 Å². The number of hydrogen-bond acceptors (Lipinski definition) is 3. The van der Waals surface area contributed by atoms with Gasteiger partial charge < -0.3 is 5.73 Å². The summed E-state index contributed by atoms with van der Waals surface area (Å²) in [5.74, 6) is 0.342. The summed E-state index contributed by atoms with van der Waals surface area (Å²) in [6.07, 6.45) is 2.03. The van der Waals surface area contributed by atoms with Crippen molar-refractivity contribution in [1.82, 2.24) is 4.31 Å². The molecule has 0 saturated heterocycles. The minimum absolute atomic E-state index is 0.0933. The second-order valence-electron chi connectivity index (χ2n) is 5.61. The molecule has 1 fully saturated rings. The first-order chi connectivity index (χ1) is 9.71. The van der Waals surface area contributed by atoms with E-state index < -0.39 is 10.0 Å². The molecule has 0 radical (unpaired) electrons. The lowest BCUT2D eigenvalue weighted by molar-refractivity contribution is 0.340. The van der Waals surface area contributed by atoms with Crippen molar-refractivity contribution in [3.8, 4) is 0 Å². The van der Waals surface area contributed by atoms with Crippen molar-refractivity contribution in [1.29, 1.82) is 0 Å². The largest absolute Gasteiger partial charge is 0.329 e. The Morgan fingerprint density at radius 2 is 1.95 bits per heavy atom. The molecule has 0 aliphatic heterocycles. The summed E-state index contributed by atoms with van der Waals surface area (Å²) in [6.45, 7) is 3.72. The molecular formula is C14H20Cl2N2O2S. The zero-order chi connectivity index (χ0) is 15.9. The number of nitrogens with two attached hydrogens (primary N) is 1. The Hall–Kier alpha value is -0.330. The molecule has 0 aromatic heterocycles. The molecule has 0 bridgehead atoms. The van der Waals surface area contributed by atoms with E-state index in [2.05, 4.69) is 0 Å². The Morgan fingerprint density at radius 3 is 2.43 bits per heavy atom. The third-order valence-electron chi connectivity index (χ3n) is 4.10. The monoisotopic (exact) mass is 350 g/mol. The highest BCUT2D eigenvalue weighted by atomic mass is 35.5. The fourth-order valence-electron chi connectivity index (χ4n) is 2.56. The minimum Gasteiger partial charge on any atom is -0.329 e. The van der Waals surface area contributed by atoms with Crippen molar-refractivity contribution in [2.75, 3.05) is 13.6 Å². The van der Waals surface area contributed by atoms with Crippen LogP contribution in [0.3, 0.4) is 0 Å². The van der Waals surface area contributed by atoms with Crippen LogP contribution in [0.4, 0.5) is 0 Å². The lowest BCUT2D eigenvalue weighted by atomic mass is 10.2. The van der Waals surface area contributed by atoms with E-state index in [9.17, 15) is 8.42 Å². The molecule has 7 heteroatoms. The molecule has 1 atom stereocenters. The fourth-order valence-corrected chi connectivity index (χ4v) is 5.15. The fraction of sp³-hybridized carbons (Fsp3) is 0.571. The van der Waals surface area contributed by atoms with Gasteiger partial charge in [-0.1, -0.05) is 23.2 Å². The van der Waals surface area contributed by atoms with Crippen LogP contribution in [-0.2, 0) is 10.0 Å². The second-order valence-corrected chi connectivity index (χ2v) is 8.32. The predicted octanol–water partition coefficient (Wildman–Crippen LogP) is 2.97. The molecule has 1 aromatic carbocycles. The molecule has 0 heterocycles. The van der Waals surface area contributed by atoms with Crippen molar-refractivity contribution in [2.24, 2.45) is 11.7 Å². The van der Waals surface area contributed by atoms with E-state index in [-0.39, 0.29) is 16.0 Å². The van der Waals surface area contributed by atoms with Crippen LogP contribution in [0.5, 0.6) is 0 Å². The second kappa shape index (κ2) is 6.05. The molecule has 1 aliphatic rings. The van der Waals surface area contributed by atoms with E-state index in [1.807, 2.05) is 0 Å². The zero-order valence-electron chi connectivity index (χ0n) is 12.4. The third-order valence-corrected chi connectivity index (χ3v) is 7.15. The first-order valence-electron chi connectivity index (χ1n) is 6.85. The summed E-state index contributed by atoms with van der Waals surface area (Å²) < 4.78 is 27.2. The average Bonchev–Trinajstić information content (AvgIpc) is 3.22. The SMILES string of the molecule is Cc1cc(Cl)c(C)c(S(=O)(=O)N(C)C(CN)C2CC2)c1Cl. The molecule has 1 aromatic rings. The first-order valence-corrected chi connectivity index (χ1v) is 9.04. The van der Waals surface area contributed by atoms with Crippen molar-refractivity contribution in [3.63, 3.8) is 0 Å². The van der Waals surface area contributed by atoms with Gasteiger partial charge in [0.2, 0.25) is 10.0 Å². The summed E-state index contributed by atoms with van der Waals surface area (Å²) in [5, 5.41) is 0.634. The molecule has 4 nitrogen and oxygen atoms in total. The standard InChI is InChI=1S/C14H20Cl2N2O2S/c1-8-6-11(15)9(2)14(13(8)16)21(19,20)18(3)12(7-17)10-4-5-10/h6,10,12H,4-5,7,17H2,1-3H3. The molecule has 21 heavy (non-hydrogen) atoms. The molecule has 2 N–H and O–H groups in total. The molecule has 1 aliphatic carbocycles. The van der Waals surface area contributed by atoms with Crippen molar-refractivity contribution in [2.45, 2.75) is 37.6 Å². The number of rotatable bonds is 5. The highest BCUT2D eigenvalue weighted by molar-refractivity contribution is 7.89. The number of hydrogen-bond donors (Lipinski definition) is 1. The molecule has 1 saturated carbocycles. The van der Waals surface area contributed by atoms with Gasteiger partial charge in [0.15, 0.2) is 0 Å². The Labute approximate surface area is 136 Å². The molecule has 0 amide bonds. The molecule has 118 valence electrons. The van der Waals surface area contributed by atoms with Crippen LogP contribution >= 0.6 is 23.2 Å². The smallest absolute Gasteiger partial charge is 0.244 e. The number of halogens is 2. The highest BCUT2D eigenvalue weighted by Gasteiger charge is 2.39. The van der Waals surface area contributed by atoms with Crippen LogP contribution in [0, 0.1) is 19.8 Å². The third kappa shape index (κ3) is 3.08. The van der Waals surface area contributed by atoms with E-state index in [1.165, 1.54) is 4.31 Å². The van der Waals surface area contributed by atoms with Gasteiger partial charge >= 0.3 is 0 Å². The number of likely N-dealkylation sites (N-methyl/N-ethyl adjacent to an activating group) is 1. The summed E-state index contributed by atoms with van der Waals surface area (Å²) in [6, 6.07) is 1.49. The zero-order valence-corrected chi connectivity index (χ0v) is 14.7. The van der Waals surface area contributed by atoms with Crippen LogP contribution < -0.4 is 5.73 Å². The summed E-state index contributed by atoms with van der Waals surface area (Å²) in [7, 11) is -2.16. The summed E-state index contributed by atoms with van der Waals surface area (Å²) in [4.78, 5) is 0.0933. The molecule has 0 spiro atoms. The van der Waals surface area contributed by atoms with Crippen molar-refractivity contribution >= 4 is 33.2 Å². The summed E-state index contributed by atoms with van der Waals surface area (Å²) in [5.41, 5.74) is 6.89. The van der Waals surface area contributed by atoms with Gasteiger partial charge in [0.05, 0.1) is 5.02 Å². The lowest BCUT2D eigenvalue weighted by Crippen LogP contribution is -2.43. The van der Waals surface area contributed by atoms with Gasteiger partial charge in [-0.3, -0.25) is 0 Å². The molecular weight excluding hydrogens is 331 g/mol. The average molecular weight is 351 g/mol.